The Balaban J connectivity index is 1.54. The topological polar surface area (TPSA) is 112 Å². The fourth-order valence-electron chi connectivity index (χ4n) is 3.46. The van der Waals surface area contributed by atoms with Gasteiger partial charge in [-0.05, 0) is 18.6 Å². The summed E-state index contributed by atoms with van der Waals surface area (Å²) in [6.07, 6.45) is -3.20. The van der Waals surface area contributed by atoms with Crippen molar-refractivity contribution < 1.29 is 24.5 Å². The molecule has 0 aliphatic rings. The summed E-state index contributed by atoms with van der Waals surface area (Å²) in [6.45, 7) is 1.88. The maximum Gasteiger partial charge on any atom is 0.254 e. The zero-order valence-corrected chi connectivity index (χ0v) is 20.2. The van der Waals surface area contributed by atoms with Crippen molar-refractivity contribution in [2.75, 3.05) is 14.2 Å². The number of rotatable bonds is 10. The van der Waals surface area contributed by atoms with Gasteiger partial charge in [-0.3, -0.25) is 9.59 Å². The molecule has 0 saturated carbocycles. The SMILES string of the molecule is COc1ccccc1Cc1csc(CNC(=O)[C@H](O)C(O)C(=O)N(C)[C@@H](C)c2ccccc2)n1. The molecule has 1 heterocycles. The van der Waals surface area contributed by atoms with Crippen LogP contribution >= 0.6 is 11.3 Å². The smallest absolute Gasteiger partial charge is 0.254 e. The average molecular weight is 484 g/mol. The van der Waals surface area contributed by atoms with Crippen molar-refractivity contribution in [3.8, 4) is 5.75 Å². The van der Waals surface area contributed by atoms with E-state index in [0.717, 1.165) is 22.6 Å². The van der Waals surface area contributed by atoms with Crippen molar-refractivity contribution in [2.45, 2.75) is 38.1 Å². The maximum absolute atomic E-state index is 12.6. The number of carbonyl (C=O) groups excluding carboxylic acids is 2. The highest BCUT2D eigenvalue weighted by atomic mass is 32.1. The monoisotopic (exact) mass is 483 g/mol. The summed E-state index contributed by atoms with van der Waals surface area (Å²) in [5, 5.41) is 25.6. The van der Waals surface area contributed by atoms with Crippen LogP contribution in [-0.2, 0) is 22.6 Å². The lowest BCUT2D eigenvalue weighted by molar-refractivity contribution is -0.153. The van der Waals surface area contributed by atoms with Crippen molar-refractivity contribution in [3.63, 3.8) is 0 Å². The van der Waals surface area contributed by atoms with E-state index in [4.69, 9.17) is 4.74 Å². The molecule has 1 unspecified atom stereocenters. The molecule has 0 fully saturated rings. The minimum atomic E-state index is -1.90. The van der Waals surface area contributed by atoms with Gasteiger partial charge in [-0.15, -0.1) is 11.3 Å². The Morgan fingerprint density at radius 1 is 1.09 bits per heavy atom. The second-order valence-electron chi connectivity index (χ2n) is 7.86. The summed E-state index contributed by atoms with van der Waals surface area (Å²) in [5.74, 6) is -0.811. The fraction of sp³-hybridized carbons (Fsp3) is 0.320. The number of aliphatic hydroxyl groups is 2. The number of likely N-dealkylation sites (N-methyl/N-ethyl adjacent to an activating group) is 1. The molecule has 9 heteroatoms. The number of aliphatic hydroxyl groups excluding tert-OH is 2. The Hall–Kier alpha value is -3.27. The van der Waals surface area contributed by atoms with Crippen molar-refractivity contribution in [2.24, 2.45) is 0 Å². The van der Waals surface area contributed by atoms with Gasteiger partial charge in [0.05, 0.1) is 25.4 Å². The lowest BCUT2D eigenvalue weighted by Gasteiger charge is -2.28. The van der Waals surface area contributed by atoms with Gasteiger partial charge in [0.25, 0.3) is 11.8 Å². The number of aromatic nitrogens is 1. The molecule has 0 bridgehead atoms. The van der Waals surface area contributed by atoms with Crippen LogP contribution in [0.3, 0.4) is 0 Å². The van der Waals surface area contributed by atoms with Gasteiger partial charge in [-0.2, -0.15) is 0 Å². The molecular weight excluding hydrogens is 454 g/mol. The van der Waals surface area contributed by atoms with Gasteiger partial charge in [-0.1, -0.05) is 48.5 Å². The molecule has 34 heavy (non-hydrogen) atoms. The predicted octanol–water partition coefficient (Wildman–Crippen LogP) is 2.30. The third kappa shape index (κ3) is 6.19. The van der Waals surface area contributed by atoms with E-state index >= 15 is 0 Å². The molecule has 0 aliphatic carbocycles. The molecule has 2 aromatic carbocycles. The number of nitrogens with one attached hydrogen (secondary N) is 1. The van der Waals surface area contributed by atoms with Crippen molar-refractivity contribution >= 4 is 23.2 Å². The number of para-hydroxylation sites is 1. The average Bonchev–Trinajstić information content (AvgIpc) is 3.33. The summed E-state index contributed by atoms with van der Waals surface area (Å²) >= 11 is 1.37. The number of benzene rings is 2. The van der Waals surface area contributed by atoms with Crippen LogP contribution in [-0.4, -0.2) is 58.3 Å². The van der Waals surface area contributed by atoms with E-state index in [1.165, 1.54) is 23.3 Å². The molecule has 0 spiro atoms. The zero-order chi connectivity index (χ0) is 24.7. The van der Waals surface area contributed by atoms with Gasteiger partial charge in [0.15, 0.2) is 12.2 Å². The molecule has 8 nitrogen and oxygen atoms in total. The molecule has 3 rings (SSSR count). The van der Waals surface area contributed by atoms with E-state index in [0.29, 0.717) is 11.4 Å². The maximum atomic E-state index is 12.6. The normalized spacial score (nSPS) is 13.6. The number of hydrogen-bond acceptors (Lipinski definition) is 7. The second kappa shape index (κ2) is 11.7. The highest BCUT2D eigenvalue weighted by Crippen LogP contribution is 2.22. The minimum absolute atomic E-state index is 0.0731. The minimum Gasteiger partial charge on any atom is -0.496 e. The standard InChI is InChI=1S/C25H29N3O5S/c1-16(17-9-5-4-6-10-17)28(2)25(32)23(30)22(29)24(31)26-14-21-27-19(15-34-21)13-18-11-7-8-12-20(18)33-3/h4-12,15-16,22-23,29-30H,13-14H2,1-3H3,(H,26,31)/t16-,22+,23?/m0/s1. The zero-order valence-electron chi connectivity index (χ0n) is 19.3. The first-order valence-electron chi connectivity index (χ1n) is 10.8. The van der Waals surface area contributed by atoms with Crippen molar-refractivity contribution in [1.29, 1.82) is 0 Å². The van der Waals surface area contributed by atoms with E-state index in [-0.39, 0.29) is 12.6 Å². The number of thiazole rings is 1. The number of hydrogen-bond donors (Lipinski definition) is 3. The molecule has 3 atom stereocenters. The van der Waals surface area contributed by atoms with Crippen LogP contribution in [0.2, 0.25) is 0 Å². The number of nitrogens with zero attached hydrogens (tertiary/aromatic N) is 2. The Kier molecular flexibility index (Phi) is 8.75. The number of ether oxygens (including phenoxy) is 1. The van der Waals surface area contributed by atoms with E-state index in [1.54, 1.807) is 14.0 Å². The molecule has 1 aromatic heterocycles. The van der Waals surface area contributed by atoms with Gasteiger partial charge < -0.3 is 25.2 Å². The third-order valence-corrected chi connectivity index (χ3v) is 6.51. The summed E-state index contributed by atoms with van der Waals surface area (Å²) in [6, 6.07) is 16.6. The first-order valence-corrected chi connectivity index (χ1v) is 11.7. The number of methoxy groups -OCH3 is 1. The lowest BCUT2D eigenvalue weighted by atomic mass is 10.1. The lowest BCUT2D eigenvalue weighted by Crippen LogP contribution is -2.50. The van der Waals surface area contributed by atoms with Crippen LogP contribution in [0.1, 0.15) is 34.8 Å². The molecule has 0 saturated heterocycles. The second-order valence-corrected chi connectivity index (χ2v) is 8.81. The van der Waals surface area contributed by atoms with Crippen LogP contribution in [0.5, 0.6) is 5.75 Å². The van der Waals surface area contributed by atoms with Crippen molar-refractivity contribution in [3.05, 3.63) is 81.8 Å². The van der Waals surface area contributed by atoms with Gasteiger partial charge >= 0.3 is 0 Å². The van der Waals surface area contributed by atoms with Gasteiger partial charge in [0.1, 0.15) is 10.8 Å². The molecule has 180 valence electrons. The Bertz CT molecular complexity index is 1100. The largest absolute Gasteiger partial charge is 0.496 e. The molecule has 2 amide bonds. The highest BCUT2D eigenvalue weighted by Gasteiger charge is 2.33. The first-order chi connectivity index (χ1) is 16.3. The molecule has 0 radical (unpaired) electrons. The summed E-state index contributed by atoms with van der Waals surface area (Å²) < 4.78 is 5.36. The Labute approximate surface area is 202 Å². The van der Waals surface area contributed by atoms with Crippen molar-refractivity contribution in [1.82, 2.24) is 15.2 Å². The van der Waals surface area contributed by atoms with Crippen LogP contribution in [0.4, 0.5) is 0 Å². The molecular formula is C25H29N3O5S. The van der Waals surface area contributed by atoms with E-state index in [9.17, 15) is 19.8 Å². The molecule has 3 aromatic rings. The fourth-order valence-corrected chi connectivity index (χ4v) is 4.19. The predicted molar refractivity (Wildman–Crippen MR) is 129 cm³/mol. The van der Waals surface area contributed by atoms with Crippen LogP contribution in [0.15, 0.2) is 60.0 Å². The summed E-state index contributed by atoms with van der Waals surface area (Å²) in [4.78, 5) is 30.8. The number of carbonyl (C=O) groups is 2. The van der Waals surface area contributed by atoms with Gasteiger partial charge in [0, 0.05) is 24.4 Å². The van der Waals surface area contributed by atoms with Gasteiger partial charge in [0.2, 0.25) is 0 Å². The highest BCUT2D eigenvalue weighted by molar-refractivity contribution is 7.09. The van der Waals surface area contributed by atoms with Gasteiger partial charge in [-0.25, -0.2) is 4.98 Å². The van der Waals surface area contributed by atoms with E-state index < -0.39 is 24.0 Å². The van der Waals surface area contributed by atoms with E-state index in [2.05, 4.69) is 10.3 Å². The van der Waals surface area contributed by atoms with Crippen LogP contribution in [0, 0.1) is 0 Å². The summed E-state index contributed by atoms with van der Waals surface area (Å²) in [5.41, 5.74) is 2.69. The third-order valence-electron chi connectivity index (χ3n) is 5.61. The van der Waals surface area contributed by atoms with Crippen LogP contribution < -0.4 is 10.1 Å². The summed E-state index contributed by atoms with van der Waals surface area (Å²) in [7, 11) is 3.14. The quantitative estimate of drug-likeness (QED) is 0.408. The first kappa shape index (κ1) is 25.4. The molecule has 0 aliphatic heterocycles. The molecule has 3 N–H and O–H groups in total. The van der Waals surface area contributed by atoms with E-state index in [1.807, 2.05) is 60.0 Å². The Morgan fingerprint density at radius 3 is 2.47 bits per heavy atom. The Morgan fingerprint density at radius 2 is 1.76 bits per heavy atom. The van der Waals surface area contributed by atoms with Crippen LogP contribution in [0.25, 0.3) is 0 Å². The number of amides is 2.